The summed E-state index contributed by atoms with van der Waals surface area (Å²) in [4.78, 5) is 37.7. The number of carbonyl (C=O) groups is 3. The molecule has 0 bridgehead atoms. The lowest BCUT2D eigenvalue weighted by molar-refractivity contribution is -0.118. The number of rotatable bonds is 8. The molecule has 0 aliphatic heterocycles. The second-order valence-electron chi connectivity index (χ2n) is 9.02. The van der Waals surface area contributed by atoms with Gasteiger partial charge in [-0.15, -0.1) is 0 Å². The smallest absolute Gasteiger partial charge is 0.408 e. The van der Waals surface area contributed by atoms with Crippen LogP contribution in [0.4, 0.5) is 10.5 Å². The maximum Gasteiger partial charge on any atom is 0.408 e. The summed E-state index contributed by atoms with van der Waals surface area (Å²) >= 11 is 0. The van der Waals surface area contributed by atoms with Crippen LogP contribution in [0.2, 0.25) is 0 Å². The van der Waals surface area contributed by atoms with Crippen molar-refractivity contribution in [1.29, 1.82) is 0 Å². The molecule has 0 unspecified atom stereocenters. The molecule has 0 heterocycles. The molecule has 0 aliphatic rings. The minimum absolute atomic E-state index is 0.176. The van der Waals surface area contributed by atoms with E-state index in [0.717, 1.165) is 11.1 Å². The molecule has 3 rings (SSSR count). The van der Waals surface area contributed by atoms with Crippen LogP contribution in [-0.2, 0) is 27.3 Å². The first-order chi connectivity index (χ1) is 16.7. The van der Waals surface area contributed by atoms with Gasteiger partial charge in [0, 0.05) is 12.1 Å². The third-order valence-corrected chi connectivity index (χ3v) is 4.89. The number of esters is 1. The van der Waals surface area contributed by atoms with E-state index in [9.17, 15) is 14.4 Å². The number of alkyl carbamates (subject to hydrolysis) is 1. The SMILES string of the molecule is CC(C)(C)OC(=O)N[C@@H](Cc1ccccc1)C(=O)Nc1ccc(C(=O)OCc2ccccc2)cc1. The molecule has 7 heteroatoms. The third-order valence-electron chi connectivity index (χ3n) is 4.89. The van der Waals surface area contributed by atoms with Crippen LogP contribution in [-0.4, -0.2) is 29.6 Å². The van der Waals surface area contributed by atoms with Crippen molar-refractivity contribution in [2.45, 2.75) is 45.4 Å². The molecule has 2 N–H and O–H groups in total. The fraction of sp³-hybridized carbons (Fsp3) is 0.250. The number of carbonyl (C=O) groups excluding carboxylic acids is 3. The van der Waals surface area contributed by atoms with Crippen LogP contribution in [0.1, 0.15) is 42.3 Å². The molecule has 182 valence electrons. The Morgan fingerprint density at radius 3 is 1.94 bits per heavy atom. The minimum Gasteiger partial charge on any atom is -0.457 e. The molecular formula is C28H30N2O5. The number of anilines is 1. The molecule has 0 spiro atoms. The fourth-order valence-corrected chi connectivity index (χ4v) is 3.23. The number of nitrogens with one attached hydrogen (secondary N) is 2. The van der Waals surface area contributed by atoms with Gasteiger partial charge in [-0.1, -0.05) is 60.7 Å². The van der Waals surface area contributed by atoms with E-state index in [1.807, 2.05) is 60.7 Å². The Kier molecular flexibility index (Phi) is 8.62. The minimum atomic E-state index is -0.859. The summed E-state index contributed by atoms with van der Waals surface area (Å²) in [5.41, 5.74) is 1.94. The van der Waals surface area contributed by atoms with Crippen molar-refractivity contribution in [1.82, 2.24) is 5.32 Å². The molecule has 0 aliphatic carbocycles. The lowest BCUT2D eigenvalue weighted by Gasteiger charge is -2.23. The van der Waals surface area contributed by atoms with Crippen LogP contribution in [0.15, 0.2) is 84.9 Å². The number of ether oxygens (including phenoxy) is 2. The van der Waals surface area contributed by atoms with E-state index >= 15 is 0 Å². The molecule has 7 nitrogen and oxygen atoms in total. The standard InChI is InChI=1S/C28H30N2O5/c1-28(2,3)35-27(33)30-24(18-20-10-6-4-7-11-20)25(31)29-23-16-14-22(15-17-23)26(32)34-19-21-12-8-5-9-13-21/h4-17,24H,18-19H2,1-3H3,(H,29,31)(H,30,33)/t24-/m0/s1. The van der Waals surface area contributed by atoms with Crippen molar-refractivity contribution in [3.8, 4) is 0 Å². The highest BCUT2D eigenvalue weighted by atomic mass is 16.6. The highest BCUT2D eigenvalue weighted by Crippen LogP contribution is 2.14. The predicted molar refractivity (Wildman–Crippen MR) is 134 cm³/mol. The largest absolute Gasteiger partial charge is 0.457 e. The number of hydrogen-bond donors (Lipinski definition) is 2. The van der Waals surface area contributed by atoms with Crippen molar-refractivity contribution in [3.05, 3.63) is 102 Å². The van der Waals surface area contributed by atoms with E-state index in [1.54, 1.807) is 45.0 Å². The van der Waals surface area contributed by atoms with Crippen molar-refractivity contribution in [2.75, 3.05) is 5.32 Å². The first-order valence-corrected chi connectivity index (χ1v) is 11.3. The van der Waals surface area contributed by atoms with Gasteiger partial charge in [0.2, 0.25) is 5.91 Å². The lowest BCUT2D eigenvalue weighted by Crippen LogP contribution is -2.47. The maximum absolute atomic E-state index is 13.0. The molecule has 0 saturated heterocycles. The molecule has 2 amide bonds. The zero-order valence-corrected chi connectivity index (χ0v) is 20.1. The average Bonchev–Trinajstić information content (AvgIpc) is 2.82. The number of amides is 2. The first kappa shape index (κ1) is 25.5. The molecule has 3 aromatic carbocycles. The Bertz CT molecular complexity index is 1120. The van der Waals surface area contributed by atoms with Crippen LogP contribution in [0.5, 0.6) is 0 Å². The van der Waals surface area contributed by atoms with E-state index in [-0.39, 0.29) is 13.0 Å². The highest BCUT2D eigenvalue weighted by Gasteiger charge is 2.25. The van der Waals surface area contributed by atoms with Gasteiger partial charge in [-0.3, -0.25) is 4.79 Å². The van der Waals surface area contributed by atoms with E-state index in [2.05, 4.69) is 10.6 Å². The summed E-state index contributed by atoms with van der Waals surface area (Å²) in [5.74, 6) is -0.862. The molecular weight excluding hydrogens is 444 g/mol. The quantitative estimate of drug-likeness (QED) is 0.442. The Morgan fingerprint density at radius 1 is 0.800 bits per heavy atom. The zero-order valence-electron chi connectivity index (χ0n) is 20.1. The molecule has 0 saturated carbocycles. The Morgan fingerprint density at radius 2 is 1.37 bits per heavy atom. The summed E-state index contributed by atoms with van der Waals surface area (Å²) in [7, 11) is 0. The fourth-order valence-electron chi connectivity index (χ4n) is 3.23. The zero-order chi connectivity index (χ0) is 25.3. The van der Waals surface area contributed by atoms with Gasteiger partial charge >= 0.3 is 12.1 Å². The Hall–Kier alpha value is -4.13. The average molecular weight is 475 g/mol. The van der Waals surface area contributed by atoms with Crippen molar-refractivity contribution < 1.29 is 23.9 Å². The Balaban J connectivity index is 1.63. The number of benzene rings is 3. The van der Waals surface area contributed by atoms with Crippen molar-refractivity contribution in [2.24, 2.45) is 0 Å². The van der Waals surface area contributed by atoms with E-state index < -0.39 is 29.6 Å². The van der Waals surface area contributed by atoms with Crippen LogP contribution in [0.25, 0.3) is 0 Å². The van der Waals surface area contributed by atoms with E-state index in [0.29, 0.717) is 11.3 Å². The van der Waals surface area contributed by atoms with Crippen LogP contribution < -0.4 is 10.6 Å². The molecule has 0 aromatic heterocycles. The molecule has 0 radical (unpaired) electrons. The third kappa shape index (κ3) is 8.62. The van der Waals surface area contributed by atoms with Gasteiger partial charge in [-0.2, -0.15) is 0 Å². The molecule has 35 heavy (non-hydrogen) atoms. The molecule has 3 aromatic rings. The molecule has 0 fully saturated rings. The van der Waals surface area contributed by atoms with Gasteiger partial charge < -0.3 is 20.1 Å². The Labute approximate surface area is 205 Å². The number of hydrogen-bond acceptors (Lipinski definition) is 5. The van der Waals surface area contributed by atoms with Crippen LogP contribution in [0, 0.1) is 0 Å². The summed E-state index contributed by atoms with van der Waals surface area (Å²) in [6, 6.07) is 24.3. The summed E-state index contributed by atoms with van der Waals surface area (Å²) in [5, 5.41) is 5.45. The lowest BCUT2D eigenvalue weighted by atomic mass is 10.1. The topological polar surface area (TPSA) is 93.7 Å². The van der Waals surface area contributed by atoms with Gasteiger partial charge in [0.05, 0.1) is 5.56 Å². The normalized spacial score (nSPS) is 11.7. The van der Waals surface area contributed by atoms with Gasteiger partial charge in [0.1, 0.15) is 18.2 Å². The van der Waals surface area contributed by atoms with Gasteiger partial charge in [-0.05, 0) is 56.2 Å². The van der Waals surface area contributed by atoms with Gasteiger partial charge in [0.15, 0.2) is 0 Å². The monoisotopic (exact) mass is 474 g/mol. The summed E-state index contributed by atoms with van der Waals surface area (Å²) < 4.78 is 10.7. The van der Waals surface area contributed by atoms with Gasteiger partial charge in [-0.25, -0.2) is 9.59 Å². The van der Waals surface area contributed by atoms with E-state index in [1.165, 1.54) is 0 Å². The predicted octanol–water partition coefficient (Wildman–Crippen LogP) is 5.12. The van der Waals surface area contributed by atoms with Crippen molar-refractivity contribution in [3.63, 3.8) is 0 Å². The maximum atomic E-state index is 13.0. The van der Waals surface area contributed by atoms with Crippen LogP contribution in [0.3, 0.4) is 0 Å². The van der Waals surface area contributed by atoms with Crippen LogP contribution >= 0.6 is 0 Å². The molecule has 1 atom stereocenters. The van der Waals surface area contributed by atoms with Gasteiger partial charge in [0.25, 0.3) is 0 Å². The van der Waals surface area contributed by atoms with Crippen molar-refractivity contribution >= 4 is 23.7 Å². The summed E-state index contributed by atoms with van der Waals surface area (Å²) in [6.07, 6.45) is -0.388. The second-order valence-corrected chi connectivity index (χ2v) is 9.02. The second kappa shape index (κ2) is 11.8. The van der Waals surface area contributed by atoms with E-state index in [4.69, 9.17) is 9.47 Å². The first-order valence-electron chi connectivity index (χ1n) is 11.3. The summed E-state index contributed by atoms with van der Waals surface area (Å²) in [6.45, 7) is 5.44. The highest BCUT2D eigenvalue weighted by molar-refractivity contribution is 5.97.